The molecule has 2 nitrogen and oxygen atoms in total. The smallest absolute Gasteiger partial charge is 0.323 e. The van der Waals surface area contributed by atoms with Crippen LogP contribution in [0.15, 0.2) is 16.6 Å². The molecule has 20 heavy (non-hydrogen) atoms. The summed E-state index contributed by atoms with van der Waals surface area (Å²) in [6.07, 6.45) is -3.11. The van der Waals surface area contributed by atoms with Gasteiger partial charge in [0.05, 0.1) is 13.2 Å². The van der Waals surface area contributed by atoms with Crippen molar-refractivity contribution in [1.29, 1.82) is 0 Å². The molecule has 0 N–H and O–H groups in total. The summed E-state index contributed by atoms with van der Waals surface area (Å²) in [7, 11) is 0. The van der Waals surface area contributed by atoms with Gasteiger partial charge in [-0.05, 0) is 17.7 Å². The molecule has 0 radical (unpaired) electrons. The Balaban J connectivity index is 2.40. The maximum atomic E-state index is 13.4. The van der Waals surface area contributed by atoms with E-state index in [-0.39, 0.29) is 15.8 Å². The molecule has 1 aliphatic heterocycles. The van der Waals surface area contributed by atoms with Crippen molar-refractivity contribution < 1.29 is 27.0 Å². The third kappa shape index (κ3) is 3.05. The molecular weight excluding hydrogens is 412 g/mol. The summed E-state index contributed by atoms with van der Waals surface area (Å²) < 4.78 is 62.7. The van der Waals surface area contributed by atoms with Gasteiger partial charge < -0.3 is 9.47 Å². The van der Waals surface area contributed by atoms with Gasteiger partial charge in [-0.15, -0.1) is 0 Å². The molecule has 1 atom stereocenters. The average molecular weight is 422 g/mol. The molecule has 0 bridgehead atoms. The minimum Gasteiger partial charge on any atom is -0.490 e. The van der Waals surface area contributed by atoms with E-state index in [1.54, 1.807) is 0 Å². The van der Waals surface area contributed by atoms with E-state index >= 15 is 0 Å². The summed E-state index contributed by atoms with van der Waals surface area (Å²) in [5.41, 5.74) is -0.0143. The van der Waals surface area contributed by atoms with Crippen LogP contribution in [0.3, 0.4) is 0 Å². The van der Waals surface area contributed by atoms with Crippen molar-refractivity contribution in [1.82, 2.24) is 0 Å². The van der Waals surface area contributed by atoms with E-state index in [0.717, 1.165) is 0 Å². The molecule has 1 unspecified atom stereocenters. The Morgan fingerprint density at radius 2 is 1.65 bits per heavy atom. The molecule has 0 spiro atoms. The fourth-order valence-corrected chi connectivity index (χ4v) is 3.15. The number of benzene rings is 1. The molecular formula is C12H10Br2F4O2. The molecule has 0 amide bonds. The van der Waals surface area contributed by atoms with E-state index in [1.165, 1.54) is 12.1 Å². The fourth-order valence-electron chi connectivity index (χ4n) is 1.71. The summed E-state index contributed by atoms with van der Waals surface area (Å²) >= 11 is 5.75. The Morgan fingerprint density at radius 3 is 2.20 bits per heavy atom. The van der Waals surface area contributed by atoms with Crippen LogP contribution in [0, 0.1) is 0 Å². The van der Waals surface area contributed by atoms with Crippen molar-refractivity contribution >= 4 is 31.9 Å². The zero-order valence-corrected chi connectivity index (χ0v) is 13.2. The van der Waals surface area contributed by atoms with Gasteiger partial charge in [0.15, 0.2) is 11.5 Å². The molecule has 0 fully saturated rings. The Labute approximate surface area is 129 Å². The lowest BCUT2D eigenvalue weighted by Crippen LogP contribution is -2.31. The van der Waals surface area contributed by atoms with Crippen molar-refractivity contribution in [2.75, 3.05) is 13.2 Å². The number of halogens is 6. The lowest BCUT2D eigenvalue weighted by atomic mass is 10.1. The first-order valence-electron chi connectivity index (χ1n) is 5.73. The quantitative estimate of drug-likeness (QED) is 0.508. The zero-order valence-electron chi connectivity index (χ0n) is 10.0. The molecule has 0 saturated heterocycles. The normalized spacial score (nSPS) is 16.9. The van der Waals surface area contributed by atoms with E-state index in [9.17, 15) is 17.6 Å². The molecule has 0 aliphatic carbocycles. The number of ether oxygens (including phenoxy) is 2. The summed E-state index contributed by atoms with van der Waals surface area (Å²) in [6.45, 7) is 0.829. The molecule has 1 aromatic carbocycles. The fraction of sp³-hybridized carbons (Fsp3) is 0.500. The highest BCUT2D eigenvalue weighted by Gasteiger charge is 2.49. The Bertz CT molecular complexity index is 497. The zero-order chi connectivity index (χ0) is 14.9. The van der Waals surface area contributed by atoms with E-state index < -0.39 is 17.2 Å². The second-order valence-corrected chi connectivity index (χ2v) is 5.98. The molecule has 112 valence electrons. The van der Waals surface area contributed by atoms with Crippen LogP contribution in [0.4, 0.5) is 17.6 Å². The van der Waals surface area contributed by atoms with E-state index in [0.29, 0.717) is 25.4 Å². The maximum Gasteiger partial charge on any atom is 0.323 e. The second-order valence-electron chi connectivity index (χ2n) is 4.21. The van der Waals surface area contributed by atoms with Crippen molar-refractivity contribution in [3.8, 4) is 11.5 Å². The Kier molecular flexibility index (Phi) is 4.84. The molecule has 1 heterocycles. The van der Waals surface area contributed by atoms with Gasteiger partial charge in [0, 0.05) is 10.9 Å². The number of fused-ring (bicyclic) bond motifs is 1. The third-order valence-electron chi connectivity index (χ3n) is 2.77. The predicted molar refractivity (Wildman–Crippen MR) is 72.4 cm³/mol. The number of hydrogen-bond acceptors (Lipinski definition) is 2. The SMILES string of the molecule is FC(F)C(F)(F)C(Br)c1cc2c(cc1Br)OCCCO2. The predicted octanol–water partition coefficient (Wildman–Crippen LogP) is 4.95. The number of alkyl halides is 5. The van der Waals surface area contributed by atoms with Gasteiger partial charge in [-0.2, -0.15) is 8.78 Å². The van der Waals surface area contributed by atoms with Crippen molar-refractivity contribution in [2.45, 2.75) is 23.6 Å². The summed E-state index contributed by atoms with van der Waals surface area (Å²) in [5.74, 6) is -3.52. The highest BCUT2D eigenvalue weighted by Crippen LogP contribution is 2.47. The average Bonchev–Trinajstić information content (AvgIpc) is 2.61. The van der Waals surface area contributed by atoms with Crippen molar-refractivity contribution in [3.05, 3.63) is 22.2 Å². The largest absolute Gasteiger partial charge is 0.490 e. The summed E-state index contributed by atoms with van der Waals surface area (Å²) in [5, 5.41) is 0. The lowest BCUT2D eigenvalue weighted by Gasteiger charge is -2.23. The van der Waals surface area contributed by atoms with Gasteiger partial charge in [-0.1, -0.05) is 31.9 Å². The highest BCUT2D eigenvalue weighted by atomic mass is 79.9. The third-order valence-corrected chi connectivity index (χ3v) is 4.56. The number of hydrogen-bond donors (Lipinski definition) is 0. The van der Waals surface area contributed by atoms with Crippen LogP contribution in [0.25, 0.3) is 0 Å². The van der Waals surface area contributed by atoms with E-state index in [1.807, 2.05) is 0 Å². The minimum atomic E-state index is -4.19. The van der Waals surface area contributed by atoms with Gasteiger partial charge >= 0.3 is 12.3 Å². The topological polar surface area (TPSA) is 18.5 Å². The van der Waals surface area contributed by atoms with Gasteiger partial charge in [0.25, 0.3) is 0 Å². The standard InChI is InChI=1S/C12H10Br2F4O2/c13-7-5-9-8(19-2-1-3-20-9)4-6(7)10(14)12(17,18)11(15)16/h4-5,10-11H,1-3H2. The monoisotopic (exact) mass is 420 g/mol. The molecule has 0 aromatic heterocycles. The minimum absolute atomic E-state index is 0.0143. The first-order chi connectivity index (χ1) is 9.34. The molecule has 0 saturated carbocycles. The molecule has 2 rings (SSSR count). The Hall–Kier alpha value is -0.500. The van der Waals surface area contributed by atoms with Crippen LogP contribution < -0.4 is 9.47 Å². The van der Waals surface area contributed by atoms with Crippen LogP contribution >= 0.6 is 31.9 Å². The van der Waals surface area contributed by atoms with Gasteiger partial charge in [-0.25, -0.2) is 8.78 Å². The first kappa shape index (κ1) is 15.9. The van der Waals surface area contributed by atoms with Crippen molar-refractivity contribution in [2.24, 2.45) is 0 Å². The molecule has 1 aliphatic rings. The lowest BCUT2D eigenvalue weighted by molar-refractivity contribution is -0.127. The van der Waals surface area contributed by atoms with Crippen LogP contribution in [0.2, 0.25) is 0 Å². The van der Waals surface area contributed by atoms with Gasteiger partial charge in [0.1, 0.15) is 4.83 Å². The molecule has 8 heteroatoms. The summed E-state index contributed by atoms with van der Waals surface area (Å²) in [4.78, 5) is -1.83. The second kappa shape index (κ2) is 6.09. The van der Waals surface area contributed by atoms with Crippen LogP contribution in [0.1, 0.15) is 16.8 Å². The molecule has 1 aromatic rings. The van der Waals surface area contributed by atoms with E-state index in [4.69, 9.17) is 9.47 Å². The maximum absolute atomic E-state index is 13.4. The van der Waals surface area contributed by atoms with E-state index in [2.05, 4.69) is 31.9 Å². The first-order valence-corrected chi connectivity index (χ1v) is 7.44. The highest BCUT2D eigenvalue weighted by molar-refractivity contribution is 9.11. The Morgan fingerprint density at radius 1 is 1.10 bits per heavy atom. The van der Waals surface area contributed by atoms with Crippen LogP contribution in [-0.2, 0) is 0 Å². The van der Waals surface area contributed by atoms with Gasteiger partial charge in [-0.3, -0.25) is 0 Å². The van der Waals surface area contributed by atoms with Crippen LogP contribution in [0.5, 0.6) is 11.5 Å². The van der Waals surface area contributed by atoms with Crippen molar-refractivity contribution in [3.63, 3.8) is 0 Å². The number of rotatable bonds is 3. The van der Waals surface area contributed by atoms with Crippen LogP contribution in [-0.4, -0.2) is 25.6 Å². The summed E-state index contributed by atoms with van der Waals surface area (Å²) in [6, 6.07) is 2.74. The van der Waals surface area contributed by atoms with Gasteiger partial charge in [0.2, 0.25) is 0 Å².